The van der Waals surface area contributed by atoms with Crippen molar-refractivity contribution in [2.45, 2.75) is 116 Å². The fourth-order valence-corrected chi connectivity index (χ4v) is 2.85. The van der Waals surface area contributed by atoms with E-state index in [1.807, 2.05) is 0 Å². The zero-order valence-electron chi connectivity index (χ0n) is 17.3. The zero-order chi connectivity index (χ0) is 19.1. The highest BCUT2D eigenvalue weighted by Gasteiger charge is 1.98. The average Bonchev–Trinajstić information content (AvgIpc) is 2.66. The molecule has 0 saturated carbocycles. The van der Waals surface area contributed by atoms with E-state index in [2.05, 4.69) is 35.3 Å². The van der Waals surface area contributed by atoms with Gasteiger partial charge in [0.1, 0.15) is 0 Å². The standard InChI is InChI=1S/C24H40O2/c1-3-4-5-6-7-8-9-10-11-12-13-14-15-16-17-18-19-20-21-22-23-24(25)26-2/h3-11,16-23H2,1-2H3. The number of hydrogen-bond acceptors (Lipinski definition) is 2. The third-order valence-corrected chi connectivity index (χ3v) is 4.55. The van der Waals surface area contributed by atoms with Crippen molar-refractivity contribution >= 4 is 5.97 Å². The summed E-state index contributed by atoms with van der Waals surface area (Å²) in [5, 5.41) is 0. The largest absolute Gasteiger partial charge is 0.469 e. The minimum Gasteiger partial charge on any atom is -0.469 e. The highest BCUT2D eigenvalue weighted by molar-refractivity contribution is 5.68. The molecular weight excluding hydrogens is 320 g/mol. The second-order valence-electron chi connectivity index (χ2n) is 7.03. The topological polar surface area (TPSA) is 26.3 Å². The van der Waals surface area contributed by atoms with Crippen LogP contribution >= 0.6 is 0 Å². The summed E-state index contributed by atoms with van der Waals surface area (Å²) in [6.07, 6.45) is 20.2. The summed E-state index contributed by atoms with van der Waals surface area (Å²) in [6, 6.07) is 0. The van der Waals surface area contributed by atoms with Crippen LogP contribution in [0.4, 0.5) is 0 Å². The van der Waals surface area contributed by atoms with Gasteiger partial charge in [-0.25, -0.2) is 0 Å². The fraction of sp³-hybridized carbons (Fsp3) is 0.792. The Balaban J connectivity index is 3.27. The Hall–Kier alpha value is -1.41. The van der Waals surface area contributed by atoms with Crippen LogP contribution in [0.3, 0.4) is 0 Å². The third-order valence-electron chi connectivity index (χ3n) is 4.55. The van der Waals surface area contributed by atoms with Gasteiger partial charge in [-0.3, -0.25) is 4.79 Å². The molecule has 0 amide bonds. The van der Waals surface area contributed by atoms with Crippen molar-refractivity contribution in [1.82, 2.24) is 0 Å². The summed E-state index contributed by atoms with van der Waals surface area (Å²) >= 11 is 0. The van der Waals surface area contributed by atoms with Crippen LogP contribution in [-0.4, -0.2) is 13.1 Å². The van der Waals surface area contributed by atoms with Crippen molar-refractivity contribution < 1.29 is 9.53 Å². The predicted octanol–water partition coefficient (Wildman–Crippen LogP) is 6.82. The molecule has 0 bridgehead atoms. The van der Waals surface area contributed by atoms with Crippen LogP contribution in [0.1, 0.15) is 116 Å². The molecule has 0 atom stereocenters. The molecule has 0 aromatic heterocycles. The molecular formula is C24H40O2. The van der Waals surface area contributed by atoms with Gasteiger partial charge in [0, 0.05) is 19.3 Å². The van der Waals surface area contributed by atoms with Crippen molar-refractivity contribution in [3.63, 3.8) is 0 Å². The molecule has 2 nitrogen and oxygen atoms in total. The number of ether oxygens (including phenoxy) is 1. The maximum atomic E-state index is 11.0. The molecule has 0 unspecified atom stereocenters. The summed E-state index contributed by atoms with van der Waals surface area (Å²) < 4.78 is 4.63. The summed E-state index contributed by atoms with van der Waals surface area (Å²) in [4.78, 5) is 11.0. The van der Waals surface area contributed by atoms with Gasteiger partial charge in [0.25, 0.3) is 0 Å². The lowest BCUT2D eigenvalue weighted by Gasteiger charge is -2.00. The molecule has 26 heavy (non-hydrogen) atoms. The Morgan fingerprint density at radius 2 is 1.08 bits per heavy atom. The Labute approximate surface area is 162 Å². The zero-order valence-corrected chi connectivity index (χ0v) is 17.3. The molecule has 0 N–H and O–H groups in total. The van der Waals surface area contributed by atoms with Crippen molar-refractivity contribution in [3.8, 4) is 23.7 Å². The van der Waals surface area contributed by atoms with Crippen LogP contribution in [0, 0.1) is 23.7 Å². The van der Waals surface area contributed by atoms with Gasteiger partial charge in [-0.1, -0.05) is 89.4 Å². The molecule has 0 rings (SSSR count). The number of carbonyl (C=O) groups is 1. The quantitative estimate of drug-likeness (QED) is 0.171. The Bertz CT molecular complexity index is 431. The van der Waals surface area contributed by atoms with Gasteiger partial charge in [-0.2, -0.15) is 0 Å². The lowest BCUT2D eigenvalue weighted by molar-refractivity contribution is -0.140. The number of carbonyl (C=O) groups excluding carboxylic acids is 1. The van der Waals surface area contributed by atoms with Gasteiger partial charge in [0.2, 0.25) is 0 Å². The van der Waals surface area contributed by atoms with E-state index in [0.717, 1.165) is 32.1 Å². The minimum atomic E-state index is -0.0937. The van der Waals surface area contributed by atoms with Crippen molar-refractivity contribution in [3.05, 3.63) is 0 Å². The minimum absolute atomic E-state index is 0.0937. The van der Waals surface area contributed by atoms with Crippen LogP contribution in [0.25, 0.3) is 0 Å². The monoisotopic (exact) mass is 360 g/mol. The summed E-state index contributed by atoms with van der Waals surface area (Å²) in [6.45, 7) is 2.26. The molecule has 0 aliphatic rings. The first kappa shape index (κ1) is 24.6. The van der Waals surface area contributed by atoms with E-state index < -0.39 is 0 Å². The van der Waals surface area contributed by atoms with E-state index in [0.29, 0.717) is 6.42 Å². The first-order valence-electron chi connectivity index (χ1n) is 10.8. The number of hydrogen-bond donors (Lipinski definition) is 0. The van der Waals surface area contributed by atoms with E-state index in [1.165, 1.54) is 77.7 Å². The summed E-state index contributed by atoms with van der Waals surface area (Å²) in [7, 11) is 1.45. The summed E-state index contributed by atoms with van der Waals surface area (Å²) in [5.41, 5.74) is 0. The maximum absolute atomic E-state index is 11.0. The number of unbranched alkanes of at least 4 members (excludes halogenated alkanes) is 14. The molecule has 0 saturated heterocycles. The lowest BCUT2D eigenvalue weighted by atomic mass is 10.1. The van der Waals surface area contributed by atoms with Gasteiger partial charge in [-0.15, -0.1) is 0 Å². The van der Waals surface area contributed by atoms with Crippen molar-refractivity contribution in [2.75, 3.05) is 7.11 Å². The van der Waals surface area contributed by atoms with E-state index in [9.17, 15) is 4.79 Å². The summed E-state index contributed by atoms with van der Waals surface area (Å²) in [5.74, 6) is 12.2. The van der Waals surface area contributed by atoms with Gasteiger partial charge in [-0.05, 0) is 31.1 Å². The van der Waals surface area contributed by atoms with Gasteiger partial charge >= 0.3 is 5.97 Å². The highest BCUT2D eigenvalue weighted by Crippen LogP contribution is 2.09. The van der Waals surface area contributed by atoms with Crippen molar-refractivity contribution in [2.24, 2.45) is 0 Å². The van der Waals surface area contributed by atoms with E-state index >= 15 is 0 Å². The molecule has 0 aromatic rings. The smallest absolute Gasteiger partial charge is 0.305 e. The Morgan fingerprint density at radius 1 is 0.654 bits per heavy atom. The van der Waals surface area contributed by atoms with Gasteiger partial charge in [0.15, 0.2) is 0 Å². The first-order valence-corrected chi connectivity index (χ1v) is 10.8. The molecule has 0 aliphatic carbocycles. The number of rotatable bonds is 16. The third kappa shape index (κ3) is 20.6. The Kier molecular flexibility index (Phi) is 20.5. The van der Waals surface area contributed by atoms with Crippen molar-refractivity contribution in [1.29, 1.82) is 0 Å². The van der Waals surface area contributed by atoms with E-state index in [-0.39, 0.29) is 5.97 Å². The second kappa shape index (κ2) is 21.6. The molecule has 0 radical (unpaired) electrons. The normalized spacial score (nSPS) is 9.77. The molecule has 0 aliphatic heterocycles. The Morgan fingerprint density at radius 3 is 1.54 bits per heavy atom. The number of methoxy groups -OCH3 is 1. The fourth-order valence-electron chi connectivity index (χ4n) is 2.85. The molecule has 0 spiro atoms. The van der Waals surface area contributed by atoms with Gasteiger partial charge < -0.3 is 4.74 Å². The highest BCUT2D eigenvalue weighted by atomic mass is 16.5. The van der Waals surface area contributed by atoms with Crippen LogP contribution in [-0.2, 0) is 9.53 Å². The molecule has 0 heterocycles. The average molecular weight is 361 g/mol. The molecule has 0 aromatic carbocycles. The first-order chi connectivity index (χ1) is 12.8. The lowest BCUT2D eigenvalue weighted by Crippen LogP contribution is -1.99. The predicted molar refractivity (Wildman–Crippen MR) is 112 cm³/mol. The molecule has 2 heteroatoms. The van der Waals surface area contributed by atoms with Crippen LogP contribution in [0.5, 0.6) is 0 Å². The second-order valence-corrected chi connectivity index (χ2v) is 7.03. The van der Waals surface area contributed by atoms with E-state index in [1.54, 1.807) is 0 Å². The van der Waals surface area contributed by atoms with Crippen LogP contribution in [0.15, 0.2) is 0 Å². The maximum Gasteiger partial charge on any atom is 0.305 e. The number of esters is 1. The molecule has 0 fully saturated rings. The van der Waals surface area contributed by atoms with Crippen LogP contribution in [0.2, 0.25) is 0 Å². The SMILES string of the molecule is CCCCCCCCCCC#CC#CCCCCCCCCC(=O)OC. The molecule has 148 valence electrons. The van der Waals surface area contributed by atoms with E-state index in [4.69, 9.17) is 0 Å². The van der Waals surface area contributed by atoms with Crippen LogP contribution < -0.4 is 0 Å². The van der Waals surface area contributed by atoms with Gasteiger partial charge in [0.05, 0.1) is 7.11 Å².